The first kappa shape index (κ1) is 78.7. The summed E-state index contributed by atoms with van der Waals surface area (Å²) in [5.41, 5.74) is 23.0. The van der Waals surface area contributed by atoms with Gasteiger partial charge in [0.15, 0.2) is 5.58 Å². The maximum Gasteiger partial charge on any atom is 0.160 e. The van der Waals surface area contributed by atoms with Crippen molar-refractivity contribution in [3.63, 3.8) is 0 Å². The Hall–Kier alpha value is -20.4. The van der Waals surface area contributed by atoms with Crippen LogP contribution in [-0.4, -0.2) is 86.2 Å². The van der Waals surface area contributed by atoms with Crippen LogP contribution in [0.2, 0.25) is 0 Å². The maximum absolute atomic E-state index is 6.24. The number of benzene rings is 12. The molecule has 0 saturated heterocycles. The van der Waals surface area contributed by atoms with Crippen molar-refractivity contribution >= 4 is 296 Å². The molecule has 0 atom stereocenters. The molecule has 0 spiro atoms. The molecule has 0 amide bonds. The van der Waals surface area contributed by atoms with E-state index in [-0.39, 0.29) is 0 Å². The van der Waals surface area contributed by atoms with Crippen LogP contribution in [0.1, 0.15) is 0 Å². The third-order valence-corrected chi connectivity index (χ3v) is 28.5. The van der Waals surface area contributed by atoms with Crippen LogP contribution >= 0.6 is 0 Å². The molecule has 0 saturated carbocycles. The number of nitrogens with zero attached hydrogens (tertiary/aromatic N) is 18. The molecule has 24 nitrogen and oxygen atoms in total. The van der Waals surface area contributed by atoms with E-state index in [1.165, 1.54) is 0 Å². The topological polar surface area (TPSA) is 260 Å². The molecule has 24 heterocycles. The lowest BCUT2D eigenvalue weighted by Gasteiger charge is -2.08. The minimum Gasteiger partial charge on any atom is -0.456 e. The fourth-order valence-corrected chi connectivity index (χ4v) is 22.3. The summed E-state index contributed by atoms with van der Waals surface area (Å²) in [4.78, 5) is 53.2. The zero-order chi connectivity index (χ0) is 94.0. The predicted octanol–water partition coefficient (Wildman–Crippen LogP) is 29.6. The minimum atomic E-state index is 0.891. The molecule has 144 heavy (non-hydrogen) atoms. The van der Waals surface area contributed by atoms with E-state index in [2.05, 4.69) is 183 Å². The lowest BCUT2D eigenvalue weighted by atomic mass is 10.0. The third-order valence-electron chi connectivity index (χ3n) is 28.5. The fourth-order valence-electron chi connectivity index (χ4n) is 22.3. The summed E-state index contributed by atoms with van der Waals surface area (Å²) in [5.74, 6) is 0. The average molecular weight is 1860 g/mol. The Bertz CT molecular complexity index is 11700. The Morgan fingerprint density at radius 3 is 0.965 bits per heavy atom. The van der Waals surface area contributed by atoms with Crippen molar-refractivity contribution in [2.45, 2.75) is 0 Å². The van der Waals surface area contributed by atoms with Crippen LogP contribution in [0, 0.1) is 0 Å². The van der Waals surface area contributed by atoms with Gasteiger partial charge in [-0.25, -0.2) is 29.9 Å². The quantitative estimate of drug-likeness (QED) is 0.128. The lowest BCUT2D eigenvalue weighted by molar-refractivity contribution is 0.669. The van der Waals surface area contributed by atoms with Gasteiger partial charge in [-0.3, -0.25) is 56.3 Å². The second kappa shape index (κ2) is 30.5. The molecule has 0 N–H and O–H groups in total. The van der Waals surface area contributed by atoms with E-state index in [1.807, 2.05) is 306 Å². The summed E-state index contributed by atoms with van der Waals surface area (Å²) >= 11 is 0. The lowest BCUT2D eigenvalue weighted by Crippen LogP contribution is -1.91. The average Bonchev–Trinajstić information content (AvgIpc) is 1.50. The number of furan rings is 6. The van der Waals surface area contributed by atoms with E-state index in [0.29, 0.717) is 0 Å². The molecule has 0 aliphatic rings. The molecular formula is C120H66N18O6. The van der Waals surface area contributed by atoms with Crippen molar-refractivity contribution in [2.24, 2.45) is 0 Å². The number of imidazole rings is 6. The summed E-state index contributed by atoms with van der Waals surface area (Å²) in [6, 6.07) is 86.5. The van der Waals surface area contributed by atoms with E-state index in [4.69, 9.17) is 26.5 Å². The molecule has 24 aromatic heterocycles. The highest BCUT2D eigenvalue weighted by Crippen LogP contribution is 2.47. The summed E-state index contributed by atoms with van der Waals surface area (Å²) in [7, 11) is 0. The molecule has 12 aromatic carbocycles. The van der Waals surface area contributed by atoms with Crippen molar-refractivity contribution in [3.8, 4) is 0 Å². The van der Waals surface area contributed by atoms with Crippen LogP contribution in [0.4, 0.5) is 0 Å². The van der Waals surface area contributed by atoms with Gasteiger partial charge < -0.3 is 26.5 Å². The molecule has 0 radical (unpaired) electrons. The summed E-state index contributed by atoms with van der Waals surface area (Å²) in [6.45, 7) is 0. The number of fused-ring (bicyclic) bond motifs is 58. The van der Waals surface area contributed by atoms with Gasteiger partial charge in [-0.2, -0.15) is 0 Å². The first-order chi connectivity index (χ1) is 71.5. The van der Waals surface area contributed by atoms with Crippen LogP contribution in [0.25, 0.3) is 296 Å². The Morgan fingerprint density at radius 1 is 0.153 bits per heavy atom. The highest BCUT2D eigenvalue weighted by atomic mass is 16.3. The van der Waals surface area contributed by atoms with Crippen LogP contribution in [0.3, 0.4) is 0 Å². The molecule has 36 rings (SSSR count). The second-order valence-corrected chi connectivity index (χ2v) is 35.9. The summed E-state index contributed by atoms with van der Waals surface area (Å²) < 4.78 is 49.4. The largest absolute Gasteiger partial charge is 0.456 e. The van der Waals surface area contributed by atoms with Crippen molar-refractivity contribution in [1.82, 2.24) is 86.2 Å². The Labute approximate surface area is 806 Å². The molecule has 0 aliphatic heterocycles. The van der Waals surface area contributed by atoms with Crippen molar-refractivity contribution in [3.05, 3.63) is 404 Å². The van der Waals surface area contributed by atoms with Crippen LogP contribution in [0.15, 0.2) is 430 Å². The summed E-state index contributed by atoms with van der Waals surface area (Å²) in [5, 5.41) is 33.5. The SMILES string of the molecule is c1ccc2c(c1)oc1c2ccc2c1c1cnccc1c1nccn21.c1ccc2c(c1)oc1c2ccc2c3cnccc3c3nccn3c21.c1ccc2c(c1)oc1cc3c(cc12)c1cnccc1c1nccn31.c1ccc2c(c1)oc1cc3c4cnccc4c4nccn4c3cc12.c1ccc2c(c1)oc1ccc3c(c4cnccc4c4nccn34)c12.c1ccc2c(c1)oc1ccc3c4cnccc4c4nccn4c3c12. The number of rotatable bonds is 0. The van der Waals surface area contributed by atoms with Gasteiger partial charge in [0.2, 0.25) is 0 Å². The van der Waals surface area contributed by atoms with Crippen LogP contribution < -0.4 is 0 Å². The van der Waals surface area contributed by atoms with Gasteiger partial charge in [-0.1, -0.05) is 115 Å². The molecule has 672 valence electrons. The van der Waals surface area contributed by atoms with Gasteiger partial charge in [0.05, 0.1) is 43.9 Å². The predicted molar refractivity (Wildman–Crippen MR) is 572 cm³/mol. The van der Waals surface area contributed by atoms with E-state index in [0.717, 1.165) is 296 Å². The number of aromatic nitrogens is 18. The Balaban J connectivity index is 0.0000000788. The monoisotopic (exact) mass is 1850 g/mol. The van der Waals surface area contributed by atoms with Crippen LogP contribution in [0.5, 0.6) is 0 Å². The third kappa shape index (κ3) is 11.5. The molecule has 0 fully saturated rings. The highest BCUT2D eigenvalue weighted by molar-refractivity contribution is 6.30. The smallest absolute Gasteiger partial charge is 0.160 e. The number of para-hydroxylation sites is 6. The van der Waals surface area contributed by atoms with Crippen molar-refractivity contribution in [2.75, 3.05) is 0 Å². The minimum absolute atomic E-state index is 0.891. The number of pyridine rings is 12. The van der Waals surface area contributed by atoms with Gasteiger partial charge in [0.1, 0.15) is 95.3 Å². The van der Waals surface area contributed by atoms with Crippen LogP contribution in [-0.2, 0) is 0 Å². The van der Waals surface area contributed by atoms with Crippen molar-refractivity contribution in [1.29, 1.82) is 0 Å². The molecule has 36 aromatic rings. The maximum atomic E-state index is 6.24. The molecule has 0 bridgehead atoms. The number of hydrogen-bond acceptors (Lipinski definition) is 18. The van der Waals surface area contributed by atoms with E-state index >= 15 is 0 Å². The molecule has 24 heteroatoms. The van der Waals surface area contributed by atoms with Gasteiger partial charge in [0, 0.05) is 306 Å². The first-order valence-electron chi connectivity index (χ1n) is 47.1. The standard InChI is InChI=1S/6C20H11N3O/c1-2-4-18-12(3-1)15-9-17-14(10-19(15)24-18)16-11-21-6-5-13(16)20-22-7-8-23(17)20;1-2-4-18-12(3-1)15-9-14-16-11-21-6-5-13(16)20-22-7-8-23(20)17(14)10-19(15)24-18;1-2-4-16-13(3-1)19-17(24-16)6-5-15-18(19)14-11-21-8-7-12(14)20-22-9-10-23(15)20;1-2-4-16-14(3-1)18-17(24-16)6-5-12-15-11-21-8-7-13(15)20-22-9-10-23(20)19(12)18;1-2-4-17-12(3-1)14-6-5-13-16-11-21-8-7-15(16)20-22-9-10-23(20)18(13)19(14)24-17;1-2-4-17-12(3-1)13-5-6-16-18(19(13)24-17)15-11-21-8-7-14(15)20-22-9-10-23(16)20/h6*1-11H. The molecule has 0 aliphatic carbocycles. The van der Waals surface area contributed by atoms with Gasteiger partial charge >= 0.3 is 0 Å². The van der Waals surface area contributed by atoms with Gasteiger partial charge in [-0.15, -0.1) is 0 Å². The zero-order valence-electron chi connectivity index (χ0n) is 75.6. The Kier molecular flexibility index (Phi) is 16.7. The number of hydrogen-bond donors (Lipinski definition) is 0. The highest BCUT2D eigenvalue weighted by Gasteiger charge is 2.25. The van der Waals surface area contributed by atoms with E-state index in [9.17, 15) is 0 Å². The molecule has 0 unspecified atom stereocenters. The van der Waals surface area contributed by atoms with E-state index < -0.39 is 0 Å². The van der Waals surface area contributed by atoms with Gasteiger partial charge in [0.25, 0.3) is 0 Å². The summed E-state index contributed by atoms with van der Waals surface area (Å²) in [6.07, 6.45) is 45.3. The second-order valence-electron chi connectivity index (χ2n) is 35.9. The van der Waals surface area contributed by atoms with Crippen molar-refractivity contribution < 1.29 is 26.5 Å². The fraction of sp³-hybridized carbons (Fsp3) is 0. The Morgan fingerprint density at radius 2 is 0.458 bits per heavy atom. The van der Waals surface area contributed by atoms with E-state index in [1.54, 1.807) is 0 Å². The first-order valence-corrected chi connectivity index (χ1v) is 47.1. The van der Waals surface area contributed by atoms with Gasteiger partial charge in [-0.05, 0) is 133 Å². The molecular weight excluding hydrogens is 1790 g/mol. The normalized spacial score (nSPS) is 12.2. The zero-order valence-corrected chi connectivity index (χ0v) is 75.6.